The van der Waals surface area contributed by atoms with Gasteiger partial charge in [-0.05, 0) is 53.9 Å². The van der Waals surface area contributed by atoms with Crippen molar-refractivity contribution in [1.82, 2.24) is 0 Å². The zero-order chi connectivity index (χ0) is 15.0. The highest BCUT2D eigenvalue weighted by molar-refractivity contribution is 9.10. The number of benzene rings is 1. The van der Waals surface area contributed by atoms with Crippen molar-refractivity contribution in [2.24, 2.45) is 10.9 Å². The van der Waals surface area contributed by atoms with E-state index in [2.05, 4.69) is 34.9 Å². The molecule has 3 N–H and O–H groups in total. The van der Waals surface area contributed by atoms with Crippen molar-refractivity contribution < 1.29 is 9.94 Å². The van der Waals surface area contributed by atoms with E-state index in [0.717, 1.165) is 16.6 Å². The van der Waals surface area contributed by atoms with Gasteiger partial charge in [0.25, 0.3) is 0 Å². The molecule has 1 rings (SSSR count). The van der Waals surface area contributed by atoms with Crippen LogP contribution in [0.4, 0.5) is 0 Å². The maximum atomic E-state index is 8.68. The van der Waals surface area contributed by atoms with E-state index >= 15 is 0 Å². The molecule has 0 heterocycles. The molecular formula is C15H23BrN2O2. The molecule has 20 heavy (non-hydrogen) atoms. The Morgan fingerprint density at radius 3 is 2.75 bits per heavy atom. The van der Waals surface area contributed by atoms with Gasteiger partial charge in [-0.15, -0.1) is 0 Å². The molecule has 0 radical (unpaired) electrons. The maximum Gasteiger partial charge on any atom is 0.171 e. The average Bonchev–Trinajstić information content (AvgIpc) is 2.43. The zero-order valence-electron chi connectivity index (χ0n) is 12.1. The molecule has 5 heteroatoms. The predicted molar refractivity (Wildman–Crippen MR) is 85.5 cm³/mol. The Morgan fingerprint density at radius 1 is 1.40 bits per heavy atom. The number of rotatable bonds is 8. The zero-order valence-corrected chi connectivity index (χ0v) is 13.7. The maximum absolute atomic E-state index is 8.68. The highest BCUT2D eigenvalue weighted by atomic mass is 79.9. The minimum atomic E-state index is 0.0797. The average molecular weight is 343 g/mol. The Kier molecular flexibility index (Phi) is 7.44. The SMILES string of the molecule is CCCCCCC(C)Oc1ccc(/C(N)=N/O)c(Br)c1. The third-order valence-electron chi connectivity index (χ3n) is 3.13. The second-order valence-corrected chi connectivity index (χ2v) is 5.76. The molecule has 112 valence electrons. The van der Waals surface area contributed by atoms with Crippen molar-refractivity contribution in [3.05, 3.63) is 28.2 Å². The summed E-state index contributed by atoms with van der Waals surface area (Å²) < 4.78 is 6.62. The van der Waals surface area contributed by atoms with Crippen LogP contribution >= 0.6 is 15.9 Å². The van der Waals surface area contributed by atoms with Gasteiger partial charge in [-0.25, -0.2) is 0 Å². The van der Waals surface area contributed by atoms with E-state index in [1.54, 1.807) is 6.07 Å². The van der Waals surface area contributed by atoms with Gasteiger partial charge in [0.2, 0.25) is 0 Å². The normalized spacial score (nSPS) is 13.2. The van der Waals surface area contributed by atoms with E-state index in [4.69, 9.17) is 15.7 Å². The van der Waals surface area contributed by atoms with Crippen molar-refractivity contribution in [2.75, 3.05) is 0 Å². The third kappa shape index (κ3) is 5.41. The molecule has 1 aromatic rings. The first-order valence-electron chi connectivity index (χ1n) is 7.02. The van der Waals surface area contributed by atoms with Gasteiger partial charge in [0.1, 0.15) is 5.75 Å². The van der Waals surface area contributed by atoms with Gasteiger partial charge >= 0.3 is 0 Å². The summed E-state index contributed by atoms with van der Waals surface area (Å²) in [5.41, 5.74) is 6.22. The number of ether oxygens (including phenoxy) is 1. The fourth-order valence-electron chi connectivity index (χ4n) is 1.98. The summed E-state index contributed by atoms with van der Waals surface area (Å²) in [5, 5.41) is 11.7. The van der Waals surface area contributed by atoms with Gasteiger partial charge in [0.15, 0.2) is 5.84 Å². The number of halogens is 1. The van der Waals surface area contributed by atoms with Gasteiger partial charge in [-0.2, -0.15) is 0 Å². The van der Waals surface area contributed by atoms with Crippen LogP contribution in [0.3, 0.4) is 0 Å². The van der Waals surface area contributed by atoms with Crippen LogP contribution in [-0.2, 0) is 0 Å². The summed E-state index contributed by atoms with van der Waals surface area (Å²) in [6, 6.07) is 5.45. The molecule has 0 saturated carbocycles. The monoisotopic (exact) mass is 342 g/mol. The lowest BCUT2D eigenvalue weighted by Gasteiger charge is -2.15. The molecule has 0 aliphatic rings. The van der Waals surface area contributed by atoms with E-state index in [1.165, 1.54) is 25.7 Å². The summed E-state index contributed by atoms with van der Waals surface area (Å²) in [5.74, 6) is 0.866. The highest BCUT2D eigenvalue weighted by Gasteiger charge is 2.09. The molecule has 1 unspecified atom stereocenters. The summed E-state index contributed by atoms with van der Waals surface area (Å²) in [6.45, 7) is 4.29. The fraction of sp³-hybridized carbons (Fsp3) is 0.533. The lowest BCUT2D eigenvalue weighted by Crippen LogP contribution is -2.15. The van der Waals surface area contributed by atoms with Gasteiger partial charge < -0.3 is 15.7 Å². The molecular weight excluding hydrogens is 320 g/mol. The van der Waals surface area contributed by atoms with E-state index in [1.807, 2.05) is 12.1 Å². The summed E-state index contributed by atoms with van der Waals surface area (Å²) in [7, 11) is 0. The van der Waals surface area contributed by atoms with Crippen LogP contribution < -0.4 is 10.5 Å². The standard InChI is InChI=1S/C15H23BrN2O2/c1-3-4-5-6-7-11(2)20-12-8-9-13(14(16)10-12)15(17)18-19/h8-11,19H,3-7H2,1-2H3,(H2,17,18). The summed E-state index contributed by atoms with van der Waals surface area (Å²) in [6.07, 6.45) is 6.23. The lowest BCUT2D eigenvalue weighted by molar-refractivity contribution is 0.206. The summed E-state index contributed by atoms with van der Waals surface area (Å²) in [4.78, 5) is 0. The minimum Gasteiger partial charge on any atom is -0.491 e. The molecule has 1 atom stereocenters. The molecule has 0 aliphatic carbocycles. The lowest BCUT2D eigenvalue weighted by atomic mass is 10.1. The second kappa shape index (κ2) is 8.84. The molecule has 0 amide bonds. The number of nitrogens with two attached hydrogens (primary N) is 1. The van der Waals surface area contributed by atoms with E-state index in [0.29, 0.717) is 5.56 Å². The van der Waals surface area contributed by atoms with E-state index in [-0.39, 0.29) is 11.9 Å². The van der Waals surface area contributed by atoms with Gasteiger partial charge in [0.05, 0.1) is 6.10 Å². The van der Waals surface area contributed by atoms with E-state index in [9.17, 15) is 0 Å². The topological polar surface area (TPSA) is 67.8 Å². The fourth-order valence-corrected chi connectivity index (χ4v) is 2.54. The first-order valence-corrected chi connectivity index (χ1v) is 7.81. The number of nitrogens with zero attached hydrogens (tertiary/aromatic N) is 1. The van der Waals surface area contributed by atoms with Crippen LogP contribution in [0.1, 0.15) is 51.5 Å². The van der Waals surface area contributed by atoms with Crippen molar-refractivity contribution >= 4 is 21.8 Å². The number of unbranched alkanes of at least 4 members (excludes halogenated alkanes) is 3. The van der Waals surface area contributed by atoms with Crippen molar-refractivity contribution in [2.45, 2.75) is 52.1 Å². The quantitative estimate of drug-likeness (QED) is 0.243. The van der Waals surface area contributed by atoms with Crippen LogP contribution in [0.5, 0.6) is 5.75 Å². The smallest absolute Gasteiger partial charge is 0.171 e. The van der Waals surface area contributed by atoms with Crippen molar-refractivity contribution in [3.8, 4) is 5.75 Å². The number of hydrogen-bond donors (Lipinski definition) is 2. The second-order valence-electron chi connectivity index (χ2n) is 4.90. The highest BCUT2D eigenvalue weighted by Crippen LogP contribution is 2.24. The van der Waals surface area contributed by atoms with Crippen LogP contribution in [0.25, 0.3) is 0 Å². The molecule has 0 fully saturated rings. The molecule has 0 aromatic heterocycles. The first kappa shape index (κ1) is 16.8. The third-order valence-corrected chi connectivity index (χ3v) is 3.78. The Labute approximate surface area is 129 Å². The number of hydrogen-bond acceptors (Lipinski definition) is 3. The molecule has 0 saturated heterocycles. The minimum absolute atomic E-state index is 0.0797. The van der Waals surface area contributed by atoms with E-state index < -0.39 is 0 Å². The first-order chi connectivity index (χ1) is 9.58. The molecule has 0 aliphatic heterocycles. The van der Waals surface area contributed by atoms with Gasteiger partial charge in [-0.3, -0.25) is 0 Å². The molecule has 4 nitrogen and oxygen atoms in total. The van der Waals surface area contributed by atoms with Gasteiger partial charge in [0, 0.05) is 10.0 Å². The summed E-state index contributed by atoms with van der Waals surface area (Å²) >= 11 is 3.40. The van der Waals surface area contributed by atoms with Gasteiger partial charge in [-0.1, -0.05) is 31.3 Å². The van der Waals surface area contributed by atoms with Crippen molar-refractivity contribution in [3.63, 3.8) is 0 Å². The predicted octanol–water partition coefficient (Wildman–Crippen LogP) is 4.28. The van der Waals surface area contributed by atoms with Crippen molar-refractivity contribution in [1.29, 1.82) is 0 Å². The number of amidine groups is 1. The van der Waals surface area contributed by atoms with Crippen LogP contribution in [-0.4, -0.2) is 17.1 Å². The molecule has 1 aromatic carbocycles. The number of oxime groups is 1. The Balaban J connectivity index is 2.54. The molecule has 0 bridgehead atoms. The Bertz CT molecular complexity index is 449. The molecule has 0 spiro atoms. The van der Waals surface area contributed by atoms with Crippen LogP contribution in [0.15, 0.2) is 27.8 Å². The van der Waals surface area contributed by atoms with Crippen LogP contribution in [0, 0.1) is 0 Å². The largest absolute Gasteiger partial charge is 0.491 e. The Hall–Kier alpha value is -1.23. The van der Waals surface area contributed by atoms with Crippen LogP contribution in [0.2, 0.25) is 0 Å². The Morgan fingerprint density at radius 2 is 2.15 bits per heavy atom.